The number of nitrogens with one attached hydrogen (secondary N) is 1. The summed E-state index contributed by atoms with van der Waals surface area (Å²) >= 11 is 0. The minimum absolute atomic E-state index is 0.0334. The molecule has 148 valence electrons. The van der Waals surface area contributed by atoms with Crippen molar-refractivity contribution in [2.24, 2.45) is 0 Å². The van der Waals surface area contributed by atoms with Gasteiger partial charge in [-0.15, -0.1) is 0 Å². The average Bonchev–Trinajstić information content (AvgIpc) is 3.31. The van der Waals surface area contributed by atoms with Gasteiger partial charge < -0.3 is 19.9 Å². The standard InChI is InChI=1S/C20H30N4O3/c1-20(2,3)22-17-8-7-14(12-21-17)18(25)24-10-9-15(13-24)23(4)19(26)16-6-5-11-27-16/h7-8,12,15-16H,5-6,9-11,13H2,1-4H3,(H,21,22)/t15-,16?/m0/s1. The lowest BCUT2D eigenvalue weighted by molar-refractivity contribution is -0.141. The van der Waals surface area contributed by atoms with Gasteiger partial charge >= 0.3 is 0 Å². The van der Waals surface area contributed by atoms with Crippen molar-refractivity contribution in [2.45, 2.75) is 57.7 Å². The lowest BCUT2D eigenvalue weighted by Crippen LogP contribution is -2.44. The predicted octanol–water partition coefficient (Wildman–Crippen LogP) is 2.14. The molecule has 3 rings (SSSR count). The molecule has 3 heterocycles. The number of anilines is 1. The van der Waals surface area contributed by atoms with Gasteiger partial charge in [-0.05, 0) is 52.2 Å². The number of hydrogen-bond acceptors (Lipinski definition) is 5. The molecule has 1 aromatic heterocycles. The van der Waals surface area contributed by atoms with E-state index in [0.29, 0.717) is 25.3 Å². The van der Waals surface area contributed by atoms with Gasteiger partial charge in [-0.3, -0.25) is 9.59 Å². The van der Waals surface area contributed by atoms with Gasteiger partial charge in [0.2, 0.25) is 0 Å². The third-order valence-electron chi connectivity index (χ3n) is 5.06. The number of nitrogens with zero attached hydrogens (tertiary/aromatic N) is 3. The molecule has 7 nitrogen and oxygen atoms in total. The Morgan fingerprint density at radius 1 is 1.30 bits per heavy atom. The number of carbonyl (C=O) groups excluding carboxylic acids is 2. The summed E-state index contributed by atoms with van der Waals surface area (Å²) in [4.78, 5) is 33.2. The van der Waals surface area contributed by atoms with Gasteiger partial charge in [0.25, 0.3) is 11.8 Å². The van der Waals surface area contributed by atoms with Gasteiger partial charge in [0.05, 0.1) is 11.6 Å². The lowest BCUT2D eigenvalue weighted by atomic mass is 10.1. The van der Waals surface area contributed by atoms with Crippen molar-refractivity contribution in [3.63, 3.8) is 0 Å². The molecule has 2 amide bonds. The van der Waals surface area contributed by atoms with Crippen molar-refractivity contribution in [1.29, 1.82) is 0 Å². The number of rotatable bonds is 4. The third kappa shape index (κ3) is 4.77. The van der Waals surface area contributed by atoms with Gasteiger partial charge in [0.15, 0.2) is 0 Å². The summed E-state index contributed by atoms with van der Waals surface area (Å²) in [6, 6.07) is 3.68. The van der Waals surface area contributed by atoms with Gasteiger partial charge in [-0.25, -0.2) is 4.98 Å². The van der Waals surface area contributed by atoms with E-state index in [1.807, 2.05) is 13.1 Å². The summed E-state index contributed by atoms with van der Waals surface area (Å²) in [6.07, 6.45) is 3.82. The maximum absolute atomic E-state index is 12.8. The Labute approximate surface area is 161 Å². The summed E-state index contributed by atoms with van der Waals surface area (Å²) < 4.78 is 5.50. The van der Waals surface area contributed by atoms with E-state index < -0.39 is 0 Å². The van der Waals surface area contributed by atoms with E-state index in [4.69, 9.17) is 4.74 Å². The lowest BCUT2D eigenvalue weighted by Gasteiger charge is -2.27. The number of ether oxygens (including phenoxy) is 1. The molecular formula is C20H30N4O3. The summed E-state index contributed by atoms with van der Waals surface area (Å²) in [6.45, 7) is 8.04. The molecular weight excluding hydrogens is 344 g/mol. The van der Waals surface area contributed by atoms with E-state index in [0.717, 1.165) is 25.1 Å². The molecule has 2 fully saturated rings. The second kappa shape index (κ2) is 7.84. The highest BCUT2D eigenvalue weighted by Gasteiger charge is 2.35. The summed E-state index contributed by atoms with van der Waals surface area (Å²) in [5.41, 5.74) is 0.490. The molecule has 2 aliphatic heterocycles. The fourth-order valence-electron chi connectivity index (χ4n) is 3.58. The number of hydrogen-bond donors (Lipinski definition) is 1. The number of likely N-dealkylation sites (N-methyl/N-ethyl adjacent to an activating group) is 1. The van der Waals surface area contributed by atoms with Crippen LogP contribution in [0.4, 0.5) is 5.82 Å². The van der Waals surface area contributed by atoms with Crippen LogP contribution in [-0.4, -0.2) is 71.0 Å². The van der Waals surface area contributed by atoms with Crippen molar-refractivity contribution in [3.8, 4) is 0 Å². The van der Waals surface area contributed by atoms with Gasteiger partial charge in [-0.1, -0.05) is 0 Å². The highest BCUT2D eigenvalue weighted by atomic mass is 16.5. The molecule has 27 heavy (non-hydrogen) atoms. The van der Waals surface area contributed by atoms with Crippen LogP contribution >= 0.6 is 0 Å². The minimum Gasteiger partial charge on any atom is -0.368 e. The zero-order valence-electron chi connectivity index (χ0n) is 16.7. The number of amides is 2. The first-order chi connectivity index (χ1) is 12.7. The highest BCUT2D eigenvalue weighted by Crippen LogP contribution is 2.21. The van der Waals surface area contributed by atoms with Crippen LogP contribution in [0.25, 0.3) is 0 Å². The maximum atomic E-state index is 12.8. The molecule has 0 bridgehead atoms. The average molecular weight is 374 g/mol. The van der Waals surface area contributed by atoms with Crippen LogP contribution < -0.4 is 5.32 Å². The normalized spacial score (nSPS) is 22.7. The van der Waals surface area contributed by atoms with Crippen molar-refractivity contribution in [2.75, 3.05) is 32.1 Å². The second-order valence-corrected chi connectivity index (χ2v) is 8.45. The third-order valence-corrected chi connectivity index (χ3v) is 5.06. The van der Waals surface area contributed by atoms with Gasteiger partial charge in [-0.2, -0.15) is 0 Å². The van der Waals surface area contributed by atoms with E-state index in [1.165, 1.54) is 0 Å². The van der Waals surface area contributed by atoms with Gasteiger partial charge in [0, 0.05) is 38.5 Å². The summed E-state index contributed by atoms with van der Waals surface area (Å²) in [7, 11) is 1.82. The smallest absolute Gasteiger partial charge is 0.255 e. The summed E-state index contributed by atoms with van der Waals surface area (Å²) in [5.74, 6) is 0.747. The number of likely N-dealkylation sites (tertiary alicyclic amines) is 1. The Hall–Kier alpha value is -2.15. The van der Waals surface area contributed by atoms with Crippen LogP contribution in [0.3, 0.4) is 0 Å². The first-order valence-electron chi connectivity index (χ1n) is 9.66. The fourth-order valence-corrected chi connectivity index (χ4v) is 3.58. The molecule has 2 atom stereocenters. The largest absolute Gasteiger partial charge is 0.368 e. The van der Waals surface area contributed by atoms with Crippen LogP contribution in [0.5, 0.6) is 0 Å². The first kappa shape index (κ1) is 19.6. The maximum Gasteiger partial charge on any atom is 0.255 e. The molecule has 0 aromatic carbocycles. The first-order valence-corrected chi connectivity index (χ1v) is 9.66. The predicted molar refractivity (Wildman–Crippen MR) is 104 cm³/mol. The molecule has 0 aliphatic carbocycles. The van der Waals surface area contributed by atoms with Crippen molar-refractivity contribution < 1.29 is 14.3 Å². The van der Waals surface area contributed by atoms with Crippen LogP contribution in [0, 0.1) is 0 Å². The quantitative estimate of drug-likeness (QED) is 0.874. The number of aromatic nitrogens is 1. The number of carbonyl (C=O) groups is 2. The van der Waals surface area contributed by atoms with E-state index in [1.54, 1.807) is 22.1 Å². The van der Waals surface area contributed by atoms with E-state index in [2.05, 4.69) is 31.1 Å². The number of pyridine rings is 1. The van der Waals surface area contributed by atoms with Gasteiger partial charge in [0.1, 0.15) is 11.9 Å². The zero-order chi connectivity index (χ0) is 19.6. The minimum atomic E-state index is -0.313. The topological polar surface area (TPSA) is 74.8 Å². The fraction of sp³-hybridized carbons (Fsp3) is 0.650. The van der Waals surface area contributed by atoms with Crippen LogP contribution in [-0.2, 0) is 9.53 Å². The van der Waals surface area contributed by atoms with Crippen LogP contribution in [0.2, 0.25) is 0 Å². The molecule has 1 unspecified atom stereocenters. The molecule has 2 saturated heterocycles. The Bertz CT molecular complexity index is 677. The molecule has 7 heteroatoms. The Kier molecular flexibility index (Phi) is 5.69. The molecule has 0 spiro atoms. The van der Waals surface area contributed by atoms with Crippen molar-refractivity contribution in [1.82, 2.24) is 14.8 Å². The zero-order valence-corrected chi connectivity index (χ0v) is 16.7. The Morgan fingerprint density at radius 2 is 2.07 bits per heavy atom. The van der Waals surface area contributed by atoms with E-state index >= 15 is 0 Å². The van der Waals surface area contributed by atoms with Crippen LogP contribution in [0.15, 0.2) is 18.3 Å². The highest BCUT2D eigenvalue weighted by molar-refractivity contribution is 5.94. The Morgan fingerprint density at radius 3 is 2.67 bits per heavy atom. The molecule has 1 N–H and O–H groups in total. The monoisotopic (exact) mass is 374 g/mol. The van der Waals surface area contributed by atoms with E-state index in [-0.39, 0.29) is 29.5 Å². The molecule has 0 radical (unpaired) electrons. The van der Waals surface area contributed by atoms with Crippen molar-refractivity contribution >= 4 is 17.6 Å². The molecule has 1 aromatic rings. The SMILES string of the molecule is CN(C(=O)C1CCCO1)[C@H]1CCN(C(=O)c2ccc(NC(C)(C)C)nc2)C1. The Balaban J connectivity index is 1.57. The van der Waals surface area contributed by atoms with E-state index in [9.17, 15) is 9.59 Å². The second-order valence-electron chi connectivity index (χ2n) is 8.45. The molecule has 0 saturated carbocycles. The molecule has 2 aliphatic rings. The van der Waals surface area contributed by atoms with Crippen molar-refractivity contribution in [3.05, 3.63) is 23.9 Å². The summed E-state index contributed by atoms with van der Waals surface area (Å²) in [5, 5.41) is 3.29. The van der Waals surface area contributed by atoms with Crippen LogP contribution in [0.1, 0.15) is 50.4 Å².